The molecule has 2 aromatic rings. The molecule has 5 nitrogen and oxygen atoms in total. The van der Waals surface area contributed by atoms with Crippen molar-refractivity contribution in [3.8, 4) is 5.75 Å². The Kier molecular flexibility index (Phi) is 5.98. The number of para-hydroxylation sites is 1. The molecule has 1 saturated heterocycles. The summed E-state index contributed by atoms with van der Waals surface area (Å²) in [7, 11) is 0. The molecule has 138 valence electrons. The van der Waals surface area contributed by atoms with Gasteiger partial charge in [0.25, 0.3) is 5.91 Å². The Labute approximate surface area is 174 Å². The summed E-state index contributed by atoms with van der Waals surface area (Å²) >= 11 is 9.69. The Morgan fingerprint density at radius 2 is 2.07 bits per heavy atom. The second-order valence-electron chi connectivity index (χ2n) is 5.83. The maximum Gasteiger partial charge on any atom is 0.266 e. The maximum absolute atomic E-state index is 12.6. The molecule has 8 heteroatoms. The van der Waals surface area contributed by atoms with Crippen LogP contribution >= 0.6 is 39.9 Å². The Morgan fingerprint density at radius 1 is 1.33 bits per heavy atom. The van der Waals surface area contributed by atoms with Crippen LogP contribution in [0.15, 0.2) is 51.8 Å². The summed E-state index contributed by atoms with van der Waals surface area (Å²) in [6.45, 7) is 1.73. The van der Waals surface area contributed by atoms with E-state index in [0.717, 1.165) is 21.8 Å². The van der Waals surface area contributed by atoms with Gasteiger partial charge in [-0.15, -0.1) is 0 Å². The lowest BCUT2D eigenvalue weighted by Crippen LogP contribution is -2.36. The van der Waals surface area contributed by atoms with E-state index >= 15 is 0 Å². The van der Waals surface area contributed by atoms with Crippen LogP contribution < -0.4 is 5.32 Å². The molecule has 2 aromatic carbocycles. The molecule has 1 fully saturated rings. The number of halogens is 1. The third-order valence-corrected chi connectivity index (χ3v) is 5.74. The molecule has 1 aliphatic heterocycles. The molecule has 1 aliphatic rings. The largest absolute Gasteiger partial charge is 0.507 e. The number of rotatable bonds is 4. The Bertz CT molecular complexity index is 975. The van der Waals surface area contributed by atoms with E-state index < -0.39 is 0 Å². The van der Waals surface area contributed by atoms with Crippen LogP contribution in [-0.2, 0) is 9.59 Å². The molecular weight excluding hydrogens is 448 g/mol. The van der Waals surface area contributed by atoms with E-state index in [1.54, 1.807) is 24.3 Å². The normalized spacial score (nSPS) is 15.5. The minimum atomic E-state index is -0.357. The van der Waals surface area contributed by atoms with Gasteiger partial charge in [-0.1, -0.05) is 58.1 Å². The second kappa shape index (κ2) is 8.24. The van der Waals surface area contributed by atoms with Crippen LogP contribution in [0.1, 0.15) is 11.1 Å². The molecule has 0 unspecified atom stereocenters. The lowest BCUT2D eigenvalue weighted by atomic mass is 10.2. The van der Waals surface area contributed by atoms with Crippen molar-refractivity contribution in [3.63, 3.8) is 0 Å². The van der Waals surface area contributed by atoms with Crippen molar-refractivity contribution in [2.24, 2.45) is 0 Å². The number of benzene rings is 2. The number of thioether (sulfide) groups is 1. The zero-order chi connectivity index (χ0) is 19.6. The average Bonchev–Trinajstić information content (AvgIpc) is 2.87. The van der Waals surface area contributed by atoms with Gasteiger partial charge in [-0.25, -0.2) is 0 Å². The van der Waals surface area contributed by atoms with Gasteiger partial charge in [0.15, 0.2) is 0 Å². The minimum absolute atomic E-state index is 0.0563. The molecule has 0 atom stereocenters. The number of hydrogen-bond donors (Lipinski definition) is 2. The van der Waals surface area contributed by atoms with Gasteiger partial charge in [-0.3, -0.25) is 14.5 Å². The highest BCUT2D eigenvalue weighted by atomic mass is 79.9. The van der Waals surface area contributed by atoms with E-state index in [-0.39, 0.29) is 24.1 Å². The number of amides is 2. The van der Waals surface area contributed by atoms with Gasteiger partial charge in [0.05, 0.1) is 4.91 Å². The number of nitrogens with one attached hydrogen (secondary N) is 1. The number of carbonyl (C=O) groups is 2. The molecule has 0 aromatic heterocycles. The number of anilines is 1. The third-order valence-electron chi connectivity index (χ3n) is 3.87. The molecule has 0 bridgehead atoms. The lowest BCUT2D eigenvalue weighted by molar-refractivity contribution is -0.126. The highest BCUT2D eigenvalue weighted by Gasteiger charge is 2.33. The highest BCUT2D eigenvalue weighted by Crippen LogP contribution is 2.34. The number of phenolic OH excluding ortho intramolecular Hbond substituents is 1. The van der Waals surface area contributed by atoms with Gasteiger partial charge in [-0.05, 0) is 42.8 Å². The molecule has 2 N–H and O–H groups in total. The molecular formula is C19H15BrN2O3S2. The monoisotopic (exact) mass is 462 g/mol. The Morgan fingerprint density at radius 3 is 2.81 bits per heavy atom. The predicted octanol–water partition coefficient (Wildman–Crippen LogP) is 4.30. The number of hydrogen-bond acceptors (Lipinski definition) is 5. The zero-order valence-electron chi connectivity index (χ0n) is 14.2. The number of aromatic hydroxyl groups is 1. The first kappa shape index (κ1) is 19.6. The molecule has 0 aliphatic carbocycles. The first-order chi connectivity index (χ1) is 12.8. The lowest BCUT2D eigenvalue weighted by Gasteiger charge is -2.15. The van der Waals surface area contributed by atoms with E-state index in [9.17, 15) is 14.7 Å². The van der Waals surface area contributed by atoms with Crippen LogP contribution in [0.3, 0.4) is 0 Å². The van der Waals surface area contributed by atoms with Crippen molar-refractivity contribution < 1.29 is 14.7 Å². The standard InChI is InChI=1S/C19H15BrN2O3S2/c1-11-4-2-3-5-14(11)21-17(24)10-22-18(25)16(27-19(22)26)9-12-8-13(20)6-7-15(12)23/h2-9,23H,10H2,1H3,(H,21,24)/b16-9-. The minimum Gasteiger partial charge on any atom is -0.507 e. The summed E-state index contributed by atoms with van der Waals surface area (Å²) in [6, 6.07) is 12.3. The van der Waals surface area contributed by atoms with E-state index in [1.807, 2.05) is 25.1 Å². The molecule has 0 saturated carbocycles. The van der Waals surface area contributed by atoms with Gasteiger partial charge in [-0.2, -0.15) is 0 Å². The fourth-order valence-corrected chi connectivity index (χ4v) is 4.09. The van der Waals surface area contributed by atoms with Crippen molar-refractivity contribution in [1.82, 2.24) is 4.90 Å². The predicted molar refractivity (Wildman–Crippen MR) is 115 cm³/mol. The fourth-order valence-electron chi connectivity index (χ4n) is 2.47. The topological polar surface area (TPSA) is 69.6 Å². The van der Waals surface area contributed by atoms with Crippen LogP contribution in [-0.4, -0.2) is 32.7 Å². The SMILES string of the molecule is Cc1ccccc1NC(=O)CN1C(=O)/C(=C/c2cc(Br)ccc2O)SC1=S. The first-order valence-corrected chi connectivity index (χ1v) is 9.96. The summed E-state index contributed by atoms with van der Waals surface area (Å²) in [5.74, 6) is -0.628. The summed E-state index contributed by atoms with van der Waals surface area (Å²) < 4.78 is 1.08. The van der Waals surface area contributed by atoms with Crippen LogP contribution in [0, 0.1) is 6.92 Å². The van der Waals surface area contributed by atoms with Crippen LogP contribution in [0.4, 0.5) is 5.69 Å². The van der Waals surface area contributed by atoms with Crippen LogP contribution in [0.2, 0.25) is 0 Å². The Hall–Kier alpha value is -2.16. The van der Waals surface area contributed by atoms with Crippen molar-refractivity contribution in [2.45, 2.75) is 6.92 Å². The summed E-state index contributed by atoms with van der Waals surface area (Å²) in [5, 5.41) is 12.7. The van der Waals surface area contributed by atoms with Crippen LogP contribution in [0.25, 0.3) is 6.08 Å². The van der Waals surface area contributed by atoms with E-state index in [4.69, 9.17) is 12.2 Å². The number of aryl methyl sites for hydroxylation is 1. The highest BCUT2D eigenvalue weighted by molar-refractivity contribution is 9.10. The van der Waals surface area contributed by atoms with Gasteiger partial charge >= 0.3 is 0 Å². The van der Waals surface area contributed by atoms with Crippen molar-refractivity contribution >= 4 is 67.8 Å². The number of carbonyl (C=O) groups excluding carboxylic acids is 2. The maximum atomic E-state index is 12.6. The molecule has 1 heterocycles. The van der Waals surface area contributed by atoms with Gasteiger partial charge in [0.1, 0.15) is 16.6 Å². The molecule has 0 spiro atoms. The number of nitrogens with zero attached hydrogens (tertiary/aromatic N) is 1. The summed E-state index contributed by atoms with van der Waals surface area (Å²) in [6.07, 6.45) is 1.57. The van der Waals surface area contributed by atoms with Gasteiger partial charge < -0.3 is 10.4 Å². The average molecular weight is 463 g/mol. The molecule has 2 amide bonds. The summed E-state index contributed by atoms with van der Waals surface area (Å²) in [4.78, 5) is 26.6. The number of thiocarbonyl (C=S) groups is 1. The van der Waals surface area contributed by atoms with Crippen molar-refractivity contribution in [3.05, 3.63) is 63.0 Å². The fraction of sp³-hybridized carbons (Fsp3) is 0.105. The molecule has 3 rings (SSSR count). The van der Waals surface area contributed by atoms with Crippen molar-refractivity contribution in [2.75, 3.05) is 11.9 Å². The van der Waals surface area contributed by atoms with Crippen LogP contribution in [0.5, 0.6) is 5.75 Å². The van der Waals surface area contributed by atoms with Crippen molar-refractivity contribution in [1.29, 1.82) is 0 Å². The Balaban J connectivity index is 1.74. The van der Waals surface area contributed by atoms with E-state index in [2.05, 4.69) is 21.2 Å². The van der Waals surface area contributed by atoms with E-state index in [1.165, 1.54) is 11.0 Å². The second-order valence-corrected chi connectivity index (χ2v) is 8.43. The quantitative estimate of drug-likeness (QED) is 0.523. The molecule has 0 radical (unpaired) electrons. The smallest absolute Gasteiger partial charge is 0.266 e. The summed E-state index contributed by atoms with van der Waals surface area (Å²) in [5.41, 5.74) is 2.12. The zero-order valence-corrected chi connectivity index (χ0v) is 17.5. The number of phenols is 1. The van der Waals surface area contributed by atoms with E-state index in [0.29, 0.717) is 20.5 Å². The van der Waals surface area contributed by atoms with Gasteiger partial charge in [0, 0.05) is 15.7 Å². The molecule has 27 heavy (non-hydrogen) atoms. The van der Waals surface area contributed by atoms with Gasteiger partial charge in [0.2, 0.25) is 5.91 Å². The first-order valence-electron chi connectivity index (χ1n) is 7.94. The third kappa shape index (κ3) is 4.58.